The molecule has 2 N–H and O–H groups in total. The minimum atomic E-state index is -1.73. The van der Waals surface area contributed by atoms with Crippen LogP contribution in [0.5, 0.6) is 5.75 Å². The van der Waals surface area contributed by atoms with Gasteiger partial charge in [-0.2, -0.15) is 0 Å². The number of carboxylic acids is 1. The second kappa shape index (κ2) is 13.0. The number of nitrogens with zero attached hydrogens (tertiary/aromatic N) is 4. The fourth-order valence-electron chi connectivity index (χ4n) is 5.78. The van der Waals surface area contributed by atoms with E-state index < -0.39 is 39.8 Å². The van der Waals surface area contributed by atoms with Gasteiger partial charge in [-0.3, -0.25) is 15.4 Å². The Morgan fingerprint density at radius 3 is 2.02 bits per heavy atom. The van der Waals surface area contributed by atoms with E-state index in [0.29, 0.717) is 25.9 Å². The van der Waals surface area contributed by atoms with E-state index in [1.165, 1.54) is 4.57 Å². The minimum absolute atomic E-state index is 0. The first-order valence-electron chi connectivity index (χ1n) is 13.8. The number of halogens is 3. The van der Waals surface area contributed by atoms with Crippen LogP contribution in [0.2, 0.25) is 0 Å². The second-order valence-electron chi connectivity index (χ2n) is 11.0. The standard InChI is InChI=1S/C19H22F2N4O3.C12H8N2.ClH.Fe/c1-8-5-24(6-9(2)23-8)17-13(20)15(22)12-16(14(17)21)25(10-3-4-10)7-11(18(12)26)19(27)28;1-3-9-5-6-10-4-2-8-14-12(10)11(9)13-7-1;;/h7-10,22-23,26H,3-6H2,1-2H3,(H,27,28);1-8H;1H;/q;;;+3/p-3/t8-,9+;;;. The van der Waals surface area contributed by atoms with E-state index in [-0.39, 0.29) is 59.0 Å². The predicted molar refractivity (Wildman–Crippen MR) is 150 cm³/mol. The molecule has 229 valence electrons. The molecule has 1 aromatic carbocycles. The van der Waals surface area contributed by atoms with Crippen molar-refractivity contribution in [2.45, 2.75) is 44.8 Å². The van der Waals surface area contributed by atoms with E-state index in [1.807, 2.05) is 26.0 Å². The summed E-state index contributed by atoms with van der Waals surface area (Å²) < 4.78 is 32.0. The molecule has 1 saturated heterocycles. The maximum atomic E-state index is 15.6. The van der Waals surface area contributed by atoms with Crippen LogP contribution in [0.4, 0.5) is 14.5 Å². The Hall–Kier alpha value is -3.83. The van der Waals surface area contributed by atoms with Crippen molar-refractivity contribution in [3.63, 3.8) is 0 Å². The predicted octanol–water partition coefficient (Wildman–Crippen LogP) is 0.0937. The molecule has 7 rings (SSSR count). The summed E-state index contributed by atoms with van der Waals surface area (Å²) in [6.45, 7) is 4.47. The Morgan fingerprint density at radius 2 is 1.52 bits per heavy atom. The summed E-state index contributed by atoms with van der Waals surface area (Å²) in [4.78, 5) is 21.6. The van der Waals surface area contributed by atoms with Gasteiger partial charge in [0.2, 0.25) is 0 Å². The average molecular weight is 662 g/mol. The van der Waals surface area contributed by atoms with Crippen LogP contribution in [0.1, 0.15) is 43.1 Å². The number of carbonyl (C=O) groups is 1. The van der Waals surface area contributed by atoms with Gasteiger partial charge in [0.05, 0.1) is 22.7 Å². The third-order valence-corrected chi connectivity index (χ3v) is 7.71. The average Bonchev–Trinajstić information content (AvgIpc) is 3.81. The third-order valence-electron chi connectivity index (χ3n) is 7.71. The molecular weight excluding hydrogens is 634 g/mol. The van der Waals surface area contributed by atoms with E-state index >= 15 is 8.78 Å². The van der Waals surface area contributed by atoms with Gasteiger partial charge in [-0.05, 0) is 38.8 Å². The van der Waals surface area contributed by atoms with Crippen molar-refractivity contribution in [1.29, 1.82) is 5.41 Å². The number of piperazine rings is 1. The summed E-state index contributed by atoms with van der Waals surface area (Å²) >= 11 is 0. The van der Waals surface area contributed by atoms with Crippen molar-refractivity contribution in [3.8, 4) is 17.0 Å². The number of anilines is 1. The second-order valence-corrected chi connectivity index (χ2v) is 11.0. The number of nitrogens with one attached hydrogen (secondary N) is 2. The maximum absolute atomic E-state index is 15.6. The molecule has 1 radical (unpaired) electrons. The van der Waals surface area contributed by atoms with Crippen LogP contribution in [0.25, 0.3) is 33.1 Å². The van der Waals surface area contributed by atoms with Crippen LogP contribution in [0, 0.1) is 17.0 Å². The molecule has 44 heavy (non-hydrogen) atoms. The first-order valence-corrected chi connectivity index (χ1v) is 13.8. The van der Waals surface area contributed by atoms with Crippen molar-refractivity contribution in [2.75, 3.05) is 18.0 Å². The SMILES string of the molecule is C[C@@H]1CN(c2c(F)c3n(C4CC4)cc(C(=O)[O-])c([O-])c-3c(=N)c2F)C[C@H](C)N1.[Cl-].[Fe+3].c1cnc2c(c1)ccc1cccnc12. The summed E-state index contributed by atoms with van der Waals surface area (Å²) in [5.74, 6) is -4.90. The van der Waals surface area contributed by atoms with Crippen molar-refractivity contribution >= 4 is 33.5 Å². The molecular formula is C31H28ClF2FeN6O3. The number of aromatic nitrogens is 3. The van der Waals surface area contributed by atoms with Crippen LogP contribution in [-0.2, 0) is 17.1 Å². The molecule has 2 aliphatic carbocycles. The largest absolute Gasteiger partial charge is 3.00 e. The summed E-state index contributed by atoms with van der Waals surface area (Å²) in [6, 6.07) is 11.9. The normalized spacial score (nSPS) is 17.9. The molecule has 2 fully saturated rings. The van der Waals surface area contributed by atoms with Gasteiger partial charge in [0.15, 0.2) is 11.6 Å². The number of carboxylic acid groups (broad SMARTS) is 1. The number of pyridine rings is 3. The zero-order valence-electron chi connectivity index (χ0n) is 23.8. The maximum Gasteiger partial charge on any atom is 3.00 e. The zero-order chi connectivity index (χ0) is 29.7. The number of fused-ring (bicyclic) bond motifs is 4. The molecule has 0 bridgehead atoms. The fraction of sp³-hybridized carbons (Fsp3) is 0.290. The summed E-state index contributed by atoms with van der Waals surface area (Å²) in [6.07, 6.45) is 6.04. The molecule has 2 aliphatic heterocycles. The Bertz CT molecular complexity index is 1820. The topological polar surface area (TPSA) is 133 Å². The zero-order valence-corrected chi connectivity index (χ0v) is 25.6. The molecule has 1 saturated carbocycles. The van der Waals surface area contributed by atoms with Gasteiger partial charge in [-0.25, -0.2) is 8.78 Å². The molecule has 0 unspecified atom stereocenters. The van der Waals surface area contributed by atoms with Gasteiger partial charge in [0, 0.05) is 71.7 Å². The van der Waals surface area contributed by atoms with Crippen molar-refractivity contribution in [3.05, 3.63) is 77.5 Å². The monoisotopic (exact) mass is 661 g/mol. The first-order chi connectivity index (χ1) is 20.2. The Kier molecular flexibility index (Phi) is 9.80. The van der Waals surface area contributed by atoms with E-state index in [0.717, 1.165) is 28.0 Å². The molecule has 13 heteroatoms. The molecule has 0 amide bonds. The van der Waals surface area contributed by atoms with E-state index in [9.17, 15) is 15.0 Å². The van der Waals surface area contributed by atoms with E-state index in [2.05, 4.69) is 39.6 Å². The van der Waals surface area contributed by atoms with Crippen LogP contribution < -0.4 is 38.2 Å². The summed E-state index contributed by atoms with van der Waals surface area (Å²) in [7, 11) is 0. The van der Waals surface area contributed by atoms with Crippen LogP contribution in [-0.4, -0.2) is 45.7 Å². The summed E-state index contributed by atoms with van der Waals surface area (Å²) in [5, 5.41) is 36.9. The van der Waals surface area contributed by atoms with Crippen LogP contribution in [0.15, 0.2) is 55.0 Å². The summed E-state index contributed by atoms with van der Waals surface area (Å²) in [5.41, 5.74) is 0.161. The minimum Gasteiger partial charge on any atom is -1.00 e. The molecule has 2 atom stereocenters. The van der Waals surface area contributed by atoms with Gasteiger partial charge in [-0.1, -0.05) is 30.0 Å². The molecule has 4 aliphatic rings. The number of hydrogen-bond acceptors (Lipinski definition) is 8. The van der Waals surface area contributed by atoms with E-state index in [4.69, 9.17) is 5.41 Å². The Balaban J connectivity index is 0.000000232. The van der Waals surface area contributed by atoms with Crippen molar-refractivity contribution in [1.82, 2.24) is 19.9 Å². The van der Waals surface area contributed by atoms with Crippen LogP contribution in [0.3, 0.4) is 0 Å². The third kappa shape index (κ3) is 5.95. The number of carbonyl (C=O) groups excluding carboxylic acids is 1. The fourth-order valence-corrected chi connectivity index (χ4v) is 5.78. The van der Waals surface area contributed by atoms with Gasteiger partial charge in [-0.15, -0.1) is 0 Å². The van der Waals surface area contributed by atoms with Gasteiger partial charge >= 0.3 is 17.1 Å². The number of benzene rings is 2. The molecule has 4 heterocycles. The van der Waals surface area contributed by atoms with Gasteiger partial charge in [0.25, 0.3) is 0 Å². The van der Waals surface area contributed by atoms with Crippen molar-refractivity contribution in [2.24, 2.45) is 0 Å². The number of rotatable bonds is 3. The molecule has 3 aromatic rings. The Morgan fingerprint density at radius 1 is 0.977 bits per heavy atom. The van der Waals surface area contributed by atoms with Gasteiger partial charge < -0.3 is 42.2 Å². The number of aromatic carboxylic acids is 1. The first kappa shape index (κ1) is 33.1. The van der Waals surface area contributed by atoms with Crippen molar-refractivity contribution < 1.29 is 53.3 Å². The molecule has 0 spiro atoms. The van der Waals surface area contributed by atoms with E-state index in [1.54, 1.807) is 17.3 Å². The quantitative estimate of drug-likeness (QED) is 0.207. The van der Waals surface area contributed by atoms with Crippen LogP contribution >= 0.6 is 0 Å². The molecule has 2 aromatic heterocycles. The molecule has 9 nitrogen and oxygen atoms in total. The Labute approximate surface area is 268 Å². The van der Waals surface area contributed by atoms with Gasteiger partial charge in [0.1, 0.15) is 11.0 Å². The smallest absolute Gasteiger partial charge is 1.00 e. The number of hydrogen-bond donors (Lipinski definition) is 2.